The standard InChI is InChI=1S/C12H24O4/c1-5-13-9-15-10(2)7-16-12(3,4)6-11-8-14-11/h10-11H,5-9H2,1-4H3. The van der Waals surface area contributed by atoms with Crippen molar-refractivity contribution >= 4 is 0 Å². The third-order valence-corrected chi connectivity index (χ3v) is 2.47. The minimum Gasteiger partial charge on any atom is -0.373 e. The molecule has 4 nitrogen and oxygen atoms in total. The Morgan fingerprint density at radius 1 is 1.44 bits per heavy atom. The van der Waals surface area contributed by atoms with E-state index in [0.717, 1.165) is 13.0 Å². The molecule has 0 N–H and O–H groups in total. The van der Waals surface area contributed by atoms with Crippen molar-refractivity contribution in [1.82, 2.24) is 0 Å². The Morgan fingerprint density at radius 3 is 2.69 bits per heavy atom. The zero-order valence-electron chi connectivity index (χ0n) is 10.8. The molecule has 1 saturated heterocycles. The fourth-order valence-corrected chi connectivity index (χ4v) is 1.43. The van der Waals surface area contributed by atoms with E-state index in [0.29, 0.717) is 26.1 Å². The van der Waals surface area contributed by atoms with Crippen molar-refractivity contribution in [1.29, 1.82) is 0 Å². The second-order valence-corrected chi connectivity index (χ2v) is 4.82. The summed E-state index contributed by atoms with van der Waals surface area (Å²) in [4.78, 5) is 0. The van der Waals surface area contributed by atoms with Crippen molar-refractivity contribution in [2.75, 3.05) is 26.6 Å². The van der Waals surface area contributed by atoms with Crippen LogP contribution in [0.5, 0.6) is 0 Å². The number of epoxide rings is 1. The summed E-state index contributed by atoms with van der Waals surface area (Å²) in [7, 11) is 0. The average molecular weight is 232 g/mol. The van der Waals surface area contributed by atoms with Crippen LogP contribution < -0.4 is 0 Å². The second-order valence-electron chi connectivity index (χ2n) is 4.82. The van der Waals surface area contributed by atoms with Crippen LogP contribution in [0, 0.1) is 0 Å². The Balaban J connectivity index is 2.06. The van der Waals surface area contributed by atoms with Gasteiger partial charge in [-0.3, -0.25) is 0 Å². The largest absolute Gasteiger partial charge is 0.373 e. The molecule has 0 aliphatic carbocycles. The molecule has 4 heteroatoms. The number of ether oxygens (including phenoxy) is 4. The van der Waals surface area contributed by atoms with Gasteiger partial charge >= 0.3 is 0 Å². The molecule has 0 amide bonds. The van der Waals surface area contributed by atoms with Crippen LogP contribution in [0.2, 0.25) is 0 Å². The lowest BCUT2D eigenvalue weighted by Crippen LogP contribution is -2.31. The van der Waals surface area contributed by atoms with Crippen LogP contribution in [0.4, 0.5) is 0 Å². The number of rotatable bonds is 9. The van der Waals surface area contributed by atoms with Gasteiger partial charge in [-0.25, -0.2) is 0 Å². The molecule has 1 fully saturated rings. The van der Waals surface area contributed by atoms with E-state index in [9.17, 15) is 0 Å². The van der Waals surface area contributed by atoms with E-state index in [2.05, 4.69) is 13.8 Å². The third kappa shape index (κ3) is 6.43. The van der Waals surface area contributed by atoms with E-state index >= 15 is 0 Å². The third-order valence-electron chi connectivity index (χ3n) is 2.47. The normalized spacial score (nSPS) is 22.1. The van der Waals surface area contributed by atoms with Crippen molar-refractivity contribution in [3.63, 3.8) is 0 Å². The molecule has 0 bridgehead atoms. The highest BCUT2D eigenvalue weighted by Gasteiger charge is 2.32. The molecule has 16 heavy (non-hydrogen) atoms. The summed E-state index contributed by atoms with van der Waals surface area (Å²) in [6.07, 6.45) is 1.41. The summed E-state index contributed by atoms with van der Waals surface area (Å²) in [6, 6.07) is 0. The lowest BCUT2D eigenvalue weighted by molar-refractivity contribution is -0.126. The van der Waals surface area contributed by atoms with Crippen molar-refractivity contribution in [2.24, 2.45) is 0 Å². The van der Waals surface area contributed by atoms with E-state index in [-0.39, 0.29) is 11.7 Å². The second kappa shape index (κ2) is 6.55. The molecule has 1 rings (SSSR count). The van der Waals surface area contributed by atoms with Crippen molar-refractivity contribution in [3.8, 4) is 0 Å². The van der Waals surface area contributed by atoms with Gasteiger partial charge in [-0.2, -0.15) is 0 Å². The molecule has 0 radical (unpaired) electrons. The van der Waals surface area contributed by atoms with Crippen molar-refractivity contribution in [3.05, 3.63) is 0 Å². The molecule has 0 spiro atoms. The Bertz CT molecular complexity index is 189. The van der Waals surface area contributed by atoms with Gasteiger partial charge in [0.2, 0.25) is 0 Å². The molecule has 1 aliphatic rings. The van der Waals surface area contributed by atoms with Gasteiger partial charge in [0.25, 0.3) is 0 Å². The van der Waals surface area contributed by atoms with Crippen LogP contribution in [0.3, 0.4) is 0 Å². The van der Waals surface area contributed by atoms with Gasteiger partial charge in [-0.05, 0) is 27.7 Å². The molecule has 2 atom stereocenters. The van der Waals surface area contributed by atoms with Crippen LogP contribution >= 0.6 is 0 Å². The van der Waals surface area contributed by atoms with E-state index in [1.165, 1.54) is 0 Å². The fourth-order valence-electron chi connectivity index (χ4n) is 1.43. The maximum absolute atomic E-state index is 5.81. The SMILES string of the molecule is CCOCOC(C)COC(C)(C)CC1CO1. The Hall–Kier alpha value is -0.160. The van der Waals surface area contributed by atoms with Crippen LogP contribution in [-0.2, 0) is 18.9 Å². The van der Waals surface area contributed by atoms with Crippen LogP contribution in [0.25, 0.3) is 0 Å². The summed E-state index contributed by atoms with van der Waals surface area (Å²) < 4.78 is 21.5. The minimum atomic E-state index is -0.135. The zero-order chi connectivity index (χ0) is 12.0. The predicted molar refractivity (Wildman–Crippen MR) is 61.4 cm³/mol. The fraction of sp³-hybridized carbons (Fsp3) is 1.00. The Morgan fingerprint density at radius 2 is 2.12 bits per heavy atom. The highest BCUT2D eigenvalue weighted by molar-refractivity contribution is 4.80. The predicted octanol–water partition coefficient (Wildman–Crippen LogP) is 1.97. The van der Waals surface area contributed by atoms with Crippen LogP contribution in [0.15, 0.2) is 0 Å². The highest BCUT2D eigenvalue weighted by atomic mass is 16.7. The quantitative estimate of drug-likeness (QED) is 0.346. The molecule has 0 aromatic rings. The van der Waals surface area contributed by atoms with Gasteiger partial charge in [-0.1, -0.05) is 0 Å². The number of hydrogen-bond acceptors (Lipinski definition) is 4. The van der Waals surface area contributed by atoms with Gasteiger partial charge < -0.3 is 18.9 Å². The van der Waals surface area contributed by atoms with E-state index in [4.69, 9.17) is 18.9 Å². The summed E-state index contributed by atoms with van der Waals surface area (Å²) in [5, 5.41) is 0. The van der Waals surface area contributed by atoms with Gasteiger partial charge in [0.1, 0.15) is 6.79 Å². The smallest absolute Gasteiger partial charge is 0.147 e. The first-order valence-electron chi connectivity index (χ1n) is 5.98. The van der Waals surface area contributed by atoms with Gasteiger partial charge in [0.05, 0.1) is 31.0 Å². The maximum Gasteiger partial charge on any atom is 0.147 e. The molecular weight excluding hydrogens is 208 g/mol. The average Bonchev–Trinajstić information content (AvgIpc) is 2.99. The first-order valence-corrected chi connectivity index (χ1v) is 5.98. The molecule has 2 unspecified atom stereocenters. The molecule has 96 valence electrons. The Labute approximate surface area is 98.2 Å². The summed E-state index contributed by atoms with van der Waals surface area (Å²) in [6.45, 7) is 10.6. The first-order chi connectivity index (χ1) is 7.53. The number of hydrogen-bond donors (Lipinski definition) is 0. The topological polar surface area (TPSA) is 40.2 Å². The van der Waals surface area contributed by atoms with Crippen molar-refractivity contribution < 1.29 is 18.9 Å². The molecule has 0 aromatic carbocycles. The first kappa shape index (κ1) is 13.9. The minimum absolute atomic E-state index is 0.0611. The van der Waals surface area contributed by atoms with Gasteiger partial charge in [0.15, 0.2) is 0 Å². The molecule has 0 aromatic heterocycles. The van der Waals surface area contributed by atoms with E-state index < -0.39 is 0 Å². The van der Waals surface area contributed by atoms with E-state index in [1.807, 2.05) is 13.8 Å². The lowest BCUT2D eigenvalue weighted by Gasteiger charge is -2.26. The summed E-state index contributed by atoms with van der Waals surface area (Å²) >= 11 is 0. The van der Waals surface area contributed by atoms with Crippen molar-refractivity contribution in [2.45, 2.75) is 51.9 Å². The van der Waals surface area contributed by atoms with Gasteiger partial charge in [0, 0.05) is 13.0 Å². The molecule has 1 aliphatic heterocycles. The monoisotopic (exact) mass is 232 g/mol. The zero-order valence-corrected chi connectivity index (χ0v) is 10.8. The van der Waals surface area contributed by atoms with Crippen LogP contribution in [0.1, 0.15) is 34.1 Å². The van der Waals surface area contributed by atoms with E-state index in [1.54, 1.807) is 0 Å². The lowest BCUT2D eigenvalue weighted by atomic mass is 10.0. The molecular formula is C12H24O4. The Kier molecular flexibility index (Phi) is 5.69. The summed E-state index contributed by atoms with van der Waals surface area (Å²) in [5.74, 6) is 0. The molecule has 0 saturated carbocycles. The highest BCUT2D eigenvalue weighted by Crippen LogP contribution is 2.25. The summed E-state index contributed by atoms with van der Waals surface area (Å²) in [5.41, 5.74) is -0.135. The molecule has 1 heterocycles. The van der Waals surface area contributed by atoms with Crippen LogP contribution in [-0.4, -0.2) is 44.4 Å². The maximum atomic E-state index is 5.81. The van der Waals surface area contributed by atoms with Gasteiger partial charge in [-0.15, -0.1) is 0 Å².